The van der Waals surface area contributed by atoms with E-state index >= 15 is 0 Å². The van der Waals surface area contributed by atoms with Crippen molar-refractivity contribution in [3.05, 3.63) is 35.2 Å². The lowest BCUT2D eigenvalue weighted by atomic mass is 9.89. The Balaban J connectivity index is 1.53. The van der Waals surface area contributed by atoms with Gasteiger partial charge in [-0.05, 0) is 38.3 Å². The molecule has 2 atom stereocenters. The Kier molecular flexibility index (Phi) is 5.83. The number of nitrogens with zero attached hydrogens (tertiary/aromatic N) is 3. The molecule has 11 heteroatoms. The summed E-state index contributed by atoms with van der Waals surface area (Å²) in [4.78, 5) is 30.6. The molecule has 0 radical (unpaired) electrons. The van der Waals surface area contributed by atoms with Gasteiger partial charge in [0, 0.05) is 23.7 Å². The zero-order valence-electron chi connectivity index (χ0n) is 17.7. The average Bonchev–Trinajstić information content (AvgIpc) is 3.33. The van der Waals surface area contributed by atoms with Gasteiger partial charge in [0.15, 0.2) is 0 Å². The minimum atomic E-state index is -4.74. The van der Waals surface area contributed by atoms with E-state index in [4.69, 9.17) is 0 Å². The number of rotatable bonds is 4. The van der Waals surface area contributed by atoms with E-state index in [0.717, 1.165) is 31.2 Å². The number of aromatic nitrogens is 2. The molecule has 1 fully saturated rings. The monoisotopic (exact) mass is 451 g/mol. The van der Waals surface area contributed by atoms with Gasteiger partial charge in [-0.2, -0.15) is 18.2 Å². The highest BCUT2D eigenvalue weighted by atomic mass is 19.4. The summed E-state index contributed by atoms with van der Waals surface area (Å²) >= 11 is 0. The molecule has 2 N–H and O–H groups in total. The maximum atomic E-state index is 13.2. The van der Waals surface area contributed by atoms with Gasteiger partial charge < -0.3 is 20.1 Å². The summed E-state index contributed by atoms with van der Waals surface area (Å²) in [6.07, 6.45) is -1.30. The number of urea groups is 1. The van der Waals surface area contributed by atoms with Crippen molar-refractivity contribution in [2.45, 2.75) is 70.4 Å². The lowest BCUT2D eigenvalue weighted by Crippen LogP contribution is -2.55. The number of carbonyl (C=O) groups is 2. The number of hydrogen-bond acceptors (Lipinski definition) is 5. The molecule has 0 spiro atoms. The van der Waals surface area contributed by atoms with Crippen molar-refractivity contribution in [1.82, 2.24) is 25.7 Å². The Morgan fingerprint density at radius 3 is 2.69 bits per heavy atom. The Labute approximate surface area is 182 Å². The van der Waals surface area contributed by atoms with E-state index in [2.05, 4.69) is 25.3 Å². The predicted octanol–water partition coefficient (Wildman–Crippen LogP) is 3.73. The van der Waals surface area contributed by atoms with Gasteiger partial charge in [-0.3, -0.25) is 4.79 Å². The van der Waals surface area contributed by atoms with Gasteiger partial charge in [-0.15, -0.1) is 0 Å². The number of fused-ring (bicyclic) bond motifs is 1. The summed E-state index contributed by atoms with van der Waals surface area (Å²) in [5.41, 5.74) is 1.44. The average molecular weight is 451 g/mol. The fourth-order valence-corrected chi connectivity index (χ4v) is 4.31. The van der Waals surface area contributed by atoms with E-state index in [1.165, 1.54) is 6.07 Å². The van der Waals surface area contributed by atoms with Crippen LogP contribution in [0.15, 0.2) is 22.7 Å². The molecule has 1 aromatic carbocycles. The molecule has 1 aliphatic carbocycles. The highest BCUT2D eigenvalue weighted by Crippen LogP contribution is 2.34. The van der Waals surface area contributed by atoms with Crippen molar-refractivity contribution >= 4 is 11.9 Å². The first-order valence-electron chi connectivity index (χ1n) is 10.6. The Morgan fingerprint density at radius 1 is 1.25 bits per heavy atom. The number of nitrogens with one attached hydrogen (secondary N) is 2. The van der Waals surface area contributed by atoms with Crippen LogP contribution in [0.25, 0.3) is 11.4 Å². The van der Waals surface area contributed by atoms with Gasteiger partial charge >= 0.3 is 18.1 Å². The summed E-state index contributed by atoms with van der Waals surface area (Å²) in [6, 6.07) is 4.17. The lowest BCUT2D eigenvalue weighted by Gasteiger charge is -2.38. The second-order valence-corrected chi connectivity index (χ2v) is 8.46. The molecule has 1 saturated carbocycles. The minimum absolute atomic E-state index is 0.00358. The Hall–Kier alpha value is -3.11. The lowest BCUT2D eigenvalue weighted by molar-refractivity contribution is -0.159. The van der Waals surface area contributed by atoms with Crippen molar-refractivity contribution < 1.29 is 27.3 Å². The van der Waals surface area contributed by atoms with Crippen molar-refractivity contribution in [3.63, 3.8) is 0 Å². The van der Waals surface area contributed by atoms with Gasteiger partial charge in [-0.25, -0.2) is 4.79 Å². The van der Waals surface area contributed by atoms with Gasteiger partial charge in [0.1, 0.15) is 0 Å². The van der Waals surface area contributed by atoms with Crippen molar-refractivity contribution in [2.24, 2.45) is 0 Å². The number of alkyl halides is 3. The topological polar surface area (TPSA) is 100 Å². The third-order valence-electron chi connectivity index (χ3n) is 5.73. The predicted molar refractivity (Wildman–Crippen MR) is 107 cm³/mol. The zero-order valence-corrected chi connectivity index (χ0v) is 17.7. The maximum Gasteiger partial charge on any atom is 0.471 e. The molecule has 3 amide bonds. The number of hydrogen-bond donors (Lipinski definition) is 2. The summed E-state index contributed by atoms with van der Waals surface area (Å²) < 4.78 is 42.6. The highest BCUT2D eigenvalue weighted by molar-refractivity contribution is 5.99. The van der Waals surface area contributed by atoms with Crippen LogP contribution in [0.4, 0.5) is 18.0 Å². The molecule has 4 rings (SSSR count). The number of halogens is 3. The molecule has 1 aliphatic heterocycles. The quantitative estimate of drug-likeness (QED) is 0.738. The van der Waals surface area contributed by atoms with E-state index in [0.29, 0.717) is 12.1 Å². The number of carbonyl (C=O) groups excluding carboxylic acids is 2. The molecular formula is C21H24F3N5O3. The van der Waals surface area contributed by atoms with Crippen LogP contribution >= 0.6 is 0 Å². The third-order valence-corrected chi connectivity index (χ3v) is 5.73. The maximum absolute atomic E-state index is 13.2. The van der Waals surface area contributed by atoms with Crippen LogP contribution in [0.1, 0.15) is 61.3 Å². The van der Waals surface area contributed by atoms with Crippen LogP contribution in [0, 0.1) is 0 Å². The van der Waals surface area contributed by atoms with Crippen molar-refractivity contribution in [3.8, 4) is 11.4 Å². The minimum Gasteiger partial charge on any atom is -0.336 e. The number of amides is 3. The van der Waals surface area contributed by atoms with Crippen LogP contribution < -0.4 is 10.6 Å². The molecule has 172 valence electrons. The first kappa shape index (κ1) is 22.1. The first-order valence-corrected chi connectivity index (χ1v) is 10.6. The highest BCUT2D eigenvalue weighted by Gasteiger charge is 2.40. The van der Waals surface area contributed by atoms with E-state index in [-0.39, 0.29) is 41.5 Å². The molecule has 0 saturated heterocycles. The van der Waals surface area contributed by atoms with Gasteiger partial charge in [0.25, 0.3) is 5.91 Å². The SMILES string of the molecule is CC(C)NC(=O)N[C@@H]1CCCC[C@H]1N1Cc2ccc(-c3noc(C(F)(F)F)n3)cc2C1=O. The van der Waals surface area contributed by atoms with E-state index in [9.17, 15) is 22.8 Å². The van der Waals surface area contributed by atoms with Crippen LogP contribution in [-0.4, -0.2) is 45.1 Å². The van der Waals surface area contributed by atoms with Crippen LogP contribution in [0.5, 0.6) is 0 Å². The number of benzene rings is 1. The normalized spacial score (nSPS) is 21.1. The van der Waals surface area contributed by atoms with Gasteiger partial charge in [0.2, 0.25) is 5.82 Å². The summed E-state index contributed by atoms with van der Waals surface area (Å²) in [5, 5.41) is 9.20. The summed E-state index contributed by atoms with van der Waals surface area (Å²) in [6.45, 7) is 4.12. The van der Waals surface area contributed by atoms with E-state index in [1.54, 1.807) is 17.0 Å². The summed E-state index contributed by atoms with van der Waals surface area (Å²) in [7, 11) is 0. The molecule has 0 unspecified atom stereocenters. The van der Waals surface area contributed by atoms with E-state index < -0.39 is 12.1 Å². The fourth-order valence-electron chi connectivity index (χ4n) is 4.31. The van der Waals surface area contributed by atoms with Crippen LogP contribution in [0.2, 0.25) is 0 Å². The van der Waals surface area contributed by atoms with Crippen molar-refractivity contribution in [2.75, 3.05) is 0 Å². The Bertz CT molecular complexity index is 1020. The van der Waals surface area contributed by atoms with Crippen LogP contribution in [-0.2, 0) is 12.7 Å². The molecule has 2 heterocycles. The van der Waals surface area contributed by atoms with Gasteiger partial charge in [0.05, 0.1) is 12.1 Å². The molecule has 2 aromatic rings. The fraction of sp³-hybridized carbons (Fsp3) is 0.524. The summed E-state index contributed by atoms with van der Waals surface area (Å²) in [5.74, 6) is -1.88. The largest absolute Gasteiger partial charge is 0.471 e. The molecule has 1 aromatic heterocycles. The first-order chi connectivity index (χ1) is 15.1. The van der Waals surface area contributed by atoms with Crippen molar-refractivity contribution in [1.29, 1.82) is 0 Å². The smallest absolute Gasteiger partial charge is 0.336 e. The second kappa shape index (κ2) is 8.44. The zero-order chi connectivity index (χ0) is 23.0. The molecular weight excluding hydrogens is 427 g/mol. The van der Waals surface area contributed by atoms with Crippen LogP contribution in [0.3, 0.4) is 0 Å². The standard InChI is InChI=1S/C21H24F3N5O3/c1-11(2)25-20(31)26-15-5-3-4-6-16(15)29-10-13-8-7-12(9-14(13)18(29)30)17-27-19(32-28-17)21(22,23)24/h7-9,11,15-16H,3-6,10H2,1-2H3,(H2,25,26,31)/t15-,16-/m1/s1. The molecule has 32 heavy (non-hydrogen) atoms. The molecule has 8 nitrogen and oxygen atoms in total. The Morgan fingerprint density at radius 2 is 2.00 bits per heavy atom. The third kappa shape index (κ3) is 4.42. The molecule has 2 aliphatic rings. The molecule has 0 bridgehead atoms. The van der Waals surface area contributed by atoms with E-state index in [1.807, 2.05) is 13.8 Å². The van der Waals surface area contributed by atoms with Gasteiger partial charge in [-0.1, -0.05) is 30.1 Å². The second-order valence-electron chi connectivity index (χ2n) is 8.46.